The molecule has 2 aromatic heterocycles. The van der Waals surface area contributed by atoms with Gasteiger partial charge in [-0.3, -0.25) is 9.59 Å². The van der Waals surface area contributed by atoms with Gasteiger partial charge < -0.3 is 10.6 Å². The molecule has 0 bridgehead atoms. The van der Waals surface area contributed by atoms with Gasteiger partial charge in [-0.2, -0.15) is 4.98 Å². The molecule has 4 aromatic rings. The fraction of sp³-hybridized carbons (Fsp3) is 0.182. The molecule has 8 heteroatoms. The second-order valence-corrected chi connectivity index (χ2v) is 7.89. The maximum atomic E-state index is 12.1. The monoisotopic (exact) mass is 419 g/mol. The standard InChI is InChI=1S/C22H21N5O2S/c1-14-3-7-16(8-4-14)19-25-22-27(26-19)18(13-30-22)11-12-23-20(28)21(29)24-17-9-5-15(2)6-10-17/h3-10,13H,11-12H2,1-2H3,(H,23,28)(H,24,29). The van der Waals surface area contributed by atoms with Crippen LogP contribution in [0, 0.1) is 13.8 Å². The zero-order valence-corrected chi connectivity index (χ0v) is 17.5. The van der Waals surface area contributed by atoms with Crippen LogP contribution in [0.15, 0.2) is 53.9 Å². The second-order valence-electron chi connectivity index (χ2n) is 7.05. The zero-order valence-electron chi connectivity index (χ0n) is 16.7. The predicted molar refractivity (Wildman–Crippen MR) is 118 cm³/mol. The van der Waals surface area contributed by atoms with Crippen molar-refractivity contribution in [2.24, 2.45) is 0 Å². The lowest BCUT2D eigenvalue weighted by Crippen LogP contribution is -2.36. The van der Waals surface area contributed by atoms with Gasteiger partial charge in [0, 0.05) is 29.6 Å². The topological polar surface area (TPSA) is 88.4 Å². The van der Waals surface area contributed by atoms with Crippen molar-refractivity contribution in [3.05, 3.63) is 70.7 Å². The van der Waals surface area contributed by atoms with Gasteiger partial charge in [0.15, 0.2) is 5.82 Å². The van der Waals surface area contributed by atoms with E-state index in [9.17, 15) is 9.59 Å². The van der Waals surface area contributed by atoms with Gasteiger partial charge in [0.05, 0.1) is 5.69 Å². The molecule has 0 aliphatic heterocycles. The molecule has 0 radical (unpaired) electrons. The molecule has 2 heterocycles. The van der Waals surface area contributed by atoms with Crippen LogP contribution in [0.4, 0.5) is 5.69 Å². The normalized spacial score (nSPS) is 10.9. The van der Waals surface area contributed by atoms with Crippen LogP contribution in [0.1, 0.15) is 16.8 Å². The summed E-state index contributed by atoms with van der Waals surface area (Å²) in [6.45, 7) is 4.32. The fourth-order valence-corrected chi connectivity index (χ4v) is 3.79. The molecule has 152 valence electrons. The van der Waals surface area contributed by atoms with Crippen LogP contribution in [0.3, 0.4) is 0 Å². The molecule has 7 nitrogen and oxygen atoms in total. The number of aromatic nitrogens is 3. The summed E-state index contributed by atoms with van der Waals surface area (Å²) in [4.78, 5) is 29.5. The summed E-state index contributed by atoms with van der Waals surface area (Å²) in [5.41, 5.74) is 4.75. The molecule has 0 aliphatic carbocycles. The number of amides is 2. The molecular weight excluding hydrogens is 398 g/mol. The summed E-state index contributed by atoms with van der Waals surface area (Å²) < 4.78 is 1.79. The third-order valence-corrected chi connectivity index (χ3v) is 5.51. The van der Waals surface area contributed by atoms with E-state index >= 15 is 0 Å². The first kappa shape index (κ1) is 19.8. The summed E-state index contributed by atoms with van der Waals surface area (Å²) in [6, 6.07) is 15.3. The van der Waals surface area contributed by atoms with E-state index in [1.807, 2.05) is 55.6 Å². The molecule has 0 atom stereocenters. The van der Waals surface area contributed by atoms with Gasteiger partial charge in [-0.15, -0.1) is 16.4 Å². The summed E-state index contributed by atoms with van der Waals surface area (Å²) >= 11 is 1.50. The van der Waals surface area contributed by atoms with Crippen LogP contribution in [0.5, 0.6) is 0 Å². The van der Waals surface area contributed by atoms with Crippen LogP contribution in [0.25, 0.3) is 16.3 Å². The van der Waals surface area contributed by atoms with E-state index in [-0.39, 0.29) is 0 Å². The van der Waals surface area contributed by atoms with Crippen LogP contribution < -0.4 is 10.6 Å². The van der Waals surface area contributed by atoms with E-state index in [0.29, 0.717) is 24.5 Å². The van der Waals surface area contributed by atoms with Gasteiger partial charge in [-0.1, -0.05) is 47.5 Å². The summed E-state index contributed by atoms with van der Waals surface area (Å²) in [6.07, 6.45) is 0.542. The largest absolute Gasteiger partial charge is 0.347 e. The average molecular weight is 420 g/mol. The first-order valence-electron chi connectivity index (χ1n) is 9.55. The zero-order chi connectivity index (χ0) is 21.1. The van der Waals surface area contributed by atoms with Crippen LogP contribution >= 0.6 is 11.3 Å². The van der Waals surface area contributed by atoms with Gasteiger partial charge in [0.2, 0.25) is 4.96 Å². The number of thiazole rings is 1. The van der Waals surface area contributed by atoms with Crippen molar-refractivity contribution in [3.63, 3.8) is 0 Å². The van der Waals surface area contributed by atoms with Gasteiger partial charge in [-0.25, -0.2) is 4.52 Å². The fourth-order valence-electron chi connectivity index (χ4n) is 2.93. The molecule has 2 aromatic carbocycles. The highest BCUT2D eigenvalue weighted by molar-refractivity contribution is 7.15. The molecule has 0 spiro atoms. The lowest BCUT2D eigenvalue weighted by Gasteiger charge is -2.06. The minimum absolute atomic E-state index is 0.325. The van der Waals surface area contributed by atoms with E-state index in [2.05, 4.69) is 20.7 Å². The number of anilines is 1. The first-order valence-corrected chi connectivity index (χ1v) is 10.4. The smallest absolute Gasteiger partial charge is 0.313 e. The van der Waals surface area contributed by atoms with Crippen molar-refractivity contribution in [2.75, 3.05) is 11.9 Å². The Hall–Kier alpha value is -3.52. The number of carbonyl (C=O) groups is 2. The molecule has 0 saturated carbocycles. The highest BCUT2D eigenvalue weighted by Crippen LogP contribution is 2.21. The van der Waals surface area contributed by atoms with Crippen molar-refractivity contribution in [1.29, 1.82) is 0 Å². The van der Waals surface area contributed by atoms with Crippen LogP contribution in [-0.4, -0.2) is 33.0 Å². The first-order chi connectivity index (χ1) is 14.5. The molecule has 0 unspecified atom stereocenters. The molecule has 4 rings (SSSR count). The highest BCUT2D eigenvalue weighted by atomic mass is 32.1. The summed E-state index contributed by atoms with van der Waals surface area (Å²) in [5, 5.41) is 11.8. The van der Waals surface area contributed by atoms with Gasteiger partial charge in [-0.05, 0) is 26.0 Å². The third kappa shape index (κ3) is 4.38. The number of aryl methyl sites for hydroxylation is 2. The average Bonchev–Trinajstić information content (AvgIpc) is 3.32. The molecule has 2 amide bonds. The predicted octanol–water partition coefficient (Wildman–Crippen LogP) is 3.37. The Morgan fingerprint density at radius 1 is 0.967 bits per heavy atom. The number of nitrogens with zero attached hydrogens (tertiary/aromatic N) is 3. The van der Waals surface area contributed by atoms with E-state index in [4.69, 9.17) is 0 Å². The quantitative estimate of drug-likeness (QED) is 0.486. The van der Waals surface area contributed by atoms with Gasteiger partial charge in [0.1, 0.15) is 0 Å². The second kappa shape index (κ2) is 8.46. The lowest BCUT2D eigenvalue weighted by molar-refractivity contribution is -0.136. The minimum atomic E-state index is -0.684. The third-order valence-electron chi connectivity index (χ3n) is 4.64. The minimum Gasteiger partial charge on any atom is -0.347 e. The van der Waals surface area contributed by atoms with Crippen molar-refractivity contribution >= 4 is 33.8 Å². The van der Waals surface area contributed by atoms with Crippen molar-refractivity contribution in [2.45, 2.75) is 20.3 Å². The lowest BCUT2D eigenvalue weighted by atomic mass is 10.1. The van der Waals surface area contributed by atoms with E-state index in [0.717, 1.165) is 21.8 Å². The maximum absolute atomic E-state index is 12.1. The Labute approximate surface area is 177 Å². The summed E-state index contributed by atoms with van der Waals surface area (Å²) in [5.74, 6) is -0.678. The molecule has 0 fully saturated rings. The number of nitrogens with one attached hydrogen (secondary N) is 2. The number of fused-ring (bicyclic) bond motifs is 1. The van der Waals surface area contributed by atoms with Gasteiger partial charge >= 0.3 is 11.8 Å². The molecule has 30 heavy (non-hydrogen) atoms. The molecule has 0 saturated heterocycles. The number of hydrogen-bond donors (Lipinski definition) is 2. The van der Waals surface area contributed by atoms with Crippen LogP contribution in [-0.2, 0) is 16.0 Å². The number of hydrogen-bond acceptors (Lipinski definition) is 5. The summed E-state index contributed by atoms with van der Waals surface area (Å²) in [7, 11) is 0. The maximum Gasteiger partial charge on any atom is 0.313 e. The molecule has 2 N–H and O–H groups in total. The highest BCUT2D eigenvalue weighted by Gasteiger charge is 2.15. The van der Waals surface area contributed by atoms with E-state index < -0.39 is 11.8 Å². The molecule has 0 aliphatic rings. The Kier molecular flexibility index (Phi) is 5.58. The Balaban J connectivity index is 1.35. The number of benzene rings is 2. The number of carbonyl (C=O) groups excluding carboxylic acids is 2. The Bertz CT molecular complexity index is 1190. The van der Waals surface area contributed by atoms with E-state index in [1.54, 1.807) is 16.6 Å². The van der Waals surface area contributed by atoms with Crippen molar-refractivity contribution in [1.82, 2.24) is 19.9 Å². The van der Waals surface area contributed by atoms with Crippen molar-refractivity contribution < 1.29 is 9.59 Å². The molecular formula is C22H21N5O2S. The number of rotatable bonds is 5. The van der Waals surface area contributed by atoms with Crippen LogP contribution in [0.2, 0.25) is 0 Å². The van der Waals surface area contributed by atoms with Crippen molar-refractivity contribution in [3.8, 4) is 11.4 Å². The van der Waals surface area contributed by atoms with Gasteiger partial charge in [0.25, 0.3) is 0 Å². The Morgan fingerprint density at radius 2 is 1.63 bits per heavy atom. The van der Waals surface area contributed by atoms with E-state index in [1.165, 1.54) is 16.9 Å². The Morgan fingerprint density at radius 3 is 2.33 bits per heavy atom. The SMILES string of the molecule is Cc1ccc(NC(=O)C(=O)NCCc2csc3nc(-c4ccc(C)cc4)nn23)cc1.